The molecule has 1 aromatic carbocycles. The van der Waals surface area contributed by atoms with Gasteiger partial charge in [0, 0.05) is 25.2 Å². The van der Waals surface area contributed by atoms with Crippen LogP contribution >= 0.6 is 0 Å². The summed E-state index contributed by atoms with van der Waals surface area (Å²) in [6.45, 7) is 8.28. The third-order valence-corrected chi connectivity index (χ3v) is 5.78. The number of hydrogen-bond donors (Lipinski definition) is 2. The van der Waals surface area contributed by atoms with Gasteiger partial charge in [-0.2, -0.15) is 4.31 Å². The summed E-state index contributed by atoms with van der Waals surface area (Å²) in [5.74, 6) is -0.766. The Labute approximate surface area is 149 Å². The Morgan fingerprint density at radius 3 is 2.36 bits per heavy atom. The van der Waals surface area contributed by atoms with Gasteiger partial charge in [-0.25, -0.2) is 8.42 Å². The number of nitrogens with one attached hydrogen (secondary N) is 2. The molecule has 0 aliphatic carbocycles. The molecule has 25 heavy (non-hydrogen) atoms. The van der Waals surface area contributed by atoms with Crippen LogP contribution < -0.4 is 10.6 Å². The summed E-state index contributed by atoms with van der Waals surface area (Å²) in [5.41, 5.74) is 0.198. The molecule has 0 bridgehead atoms. The largest absolute Gasteiger partial charge is 0.354 e. The van der Waals surface area contributed by atoms with Crippen molar-refractivity contribution in [2.24, 2.45) is 0 Å². The van der Waals surface area contributed by atoms with Crippen LogP contribution in [-0.4, -0.2) is 50.2 Å². The fraction of sp³-hybridized carbons (Fsp3) is 0.529. The van der Waals surface area contributed by atoms with Crippen molar-refractivity contribution < 1.29 is 18.0 Å². The topological polar surface area (TPSA) is 95.6 Å². The molecule has 0 saturated heterocycles. The van der Waals surface area contributed by atoms with E-state index in [1.807, 2.05) is 6.92 Å². The van der Waals surface area contributed by atoms with Crippen LogP contribution in [0.4, 0.5) is 0 Å². The highest BCUT2D eigenvalue weighted by Crippen LogP contribution is 2.17. The van der Waals surface area contributed by atoms with Gasteiger partial charge in [0.25, 0.3) is 5.91 Å². The standard InChI is InChI=1S/C17H27N3O4S/c1-5-11-18-16(21)13(4)19-17(22)14-9-8-10-15(12-14)25(23,24)20(6-2)7-3/h8-10,12-13H,5-7,11H2,1-4H3,(H,18,21)(H,19,22)/t13-/m1/s1. The lowest BCUT2D eigenvalue weighted by molar-refractivity contribution is -0.122. The number of amides is 2. The molecule has 0 aliphatic heterocycles. The highest BCUT2D eigenvalue weighted by atomic mass is 32.2. The monoisotopic (exact) mass is 369 g/mol. The van der Waals surface area contributed by atoms with Gasteiger partial charge in [0.15, 0.2) is 0 Å². The summed E-state index contributed by atoms with van der Waals surface area (Å²) >= 11 is 0. The van der Waals surface area contributed by atoms with Crippen LogP contribution in [0.15, 0.2) is 29.2 Å². The Hall–Kier alpha value is -1.93. The van der Waals surface area contributed by atoms with Crippen molar-refractivity contribution in [1.82, 2.24) is 14.9 Å². The minimum atomic E-state index is -3.64. The van der Waals surface area contributed by atoms with Crippen molar-refractivity contribution in [3.05, 3.63) is 29.8 Å². The lowest BCUT2D eigenvalue weighted by Crippen LogP contribution is -2.45. The average Bonchev–Trinajstić information content (AvgIpc) is 2.60. The van der Waals surface area contributed by atoms with Crippen molar-refractivity contribution in [3.8, 4) is 0 Å². The Balaban J connectivity index is 2.94. The third kappa shape index (κ3) is 5.54. The summed E-state index contributed by atoms with van der Waals surface area (Å²) in [7, 11) is -3.64. The molecule has 7 nitrogen and oxygen atoms in total. The van der Waals surface area contributed by atoms with E-state index in [2.05, 4.69) is 10.6 Å². The van der Waals surface area contributed by atoms with Crippen molar-refractivity contribution in [2.45, 2.75) is 45.1 Å². The highest BCUT2D eigenvalue weighted by Gasteiger charge is 2.23. The Kier molecular flexibility index (Phi) is 8.05. The Bertz CT molecular complexity index is 700. The maximum atomic E-state index is 12.5. The predicted octanol–water partition coefficient (Wildman–Crippen LogP) is 1.36. The predicted molar refractivity (Wildman–Crippen MR) is 96.8 cm³/mol. The number of carbonyl (C=O) groups is 2. The van der Waals surface area contributed by atoms with Crippen LogP contribution in [0.3, 0.4) is 0 Å². The number of sulfonamides is 1. The molecule has 0 heterocycles. The second kappa shape index (κ2) is 9.53. The molecule has 0 aromatic heterocycles. The van der Waals surface area contributed by atoms with Crippen LogP contribution in [0, 0.1) is 0 Å². The second-order valence-corrected chi connectivity index (χ2v) is 7.54. The van der Waals surface area contributed by atoms with Gasteiger partial charge in [0.05, 0.1) is 4.90 Å². The van der Waals surface area contributed by atoms with Crippen LogP contribution in [0.2, 0.25) is 0 Å². The van der Waals surface area contributed by atoms with Gasteiger partial charge in [-0.3, -0.25) is 9.59 Å². The van der Waals surface area contributed by atoms with E-state index in [1.165, 1.54) is 28.6 Å². The molecule has 1 rings (SSSR count). The summed E-state index contributed by atoms with van der Waals surface area (Å²) in [5, 5.41) is 5.28. The van der Waals surface area contributed by atoms with E-state index in [0.717, 1.165) is 6.42 Å². The molecule has 0 spiro atoms. The quantitative estimate of drug-likeness (QED) is 0.687. The first-order valence-electron chi connectivity index (χ1n) is 8.46. The van der Waals surface area contributed by atoms with E-state index in [-0.39, 0.29) is 16.4 Å². The van der Waals surface area contributed by atoms with E-state index in [1.54, 1.807) is 20.8 Å². The number of hydrogen-bond acceptors (Lipinski definition) is 4. The molecular formula is C17H27N3O4S. The first kappa shape index (κ1) is 21.1. The van der Waals surface area contributed by atoms with Gasteiger partial charge in [0.2, 0.25) is 15.9 Å². The lowest BCUT2D eigenvalue weighted by Gasteiger charge is -2.19. The molecule has 2 N–H and O–H groups in total. The minimum Gasteiger partial charge on any atom is -0.354 e. The molecule has 0 radical (unpaired) electrons. The molecule has 0 saturated carbocycles. The molecule has 0 aliphatic rings. The highest BCUT2D eigenvalue weighted by molar-refractivity contribution is 7.89. The van der Waals surface area contributed by atoms with Crippen molar-refractivity contribution in [2.75, 3.05) is 19.6 Å². The summed E-state index contributed by atoms with van der Waals surface area (Å²) in [6.07, 6.45) is 0.803. The summed E-state index contributed by atoms with van der Waals surface area (Å²) in [4.78, 5) is 24.2. The fourth-order valence-corrected chi connectivity index (χ4v) is 3.76. The van der Waals surface area contributed by atoms with Gasteiger partial charge in [-0.05, 0) is 31.5 Å². The van der Waals surface area contributed by atoms with Gasteiger partial charge in [0.1, 0.15) is 6.04 Å². The maximum Gasteiger partial charge on any atom is 0.251 e. The average molecular weight is 369 g/mol. The number of carbonyl (C=O) groups excluding carboxylic acids is 2. The van der Waals surface area contributed by atoms with Crippen LogP contribution in [0.5, 0.6) is 0 Å². The number of rotatable bonds is 9. The van der Waals surface area contributed by atoms with Crippen molar-refractivity contribution in [3.63, 3.8) is 0 Å². The Morgan fingerprint density at radius 1 is 1.16 bits per heavy atom. The third-order valence-electron chi connectivity index (χ3n) is 3.73. The first-order valence-corrected chi connectivity index (χ1v) is 9.90. The minimum absolute atomic E-state index is 0.0620. The lowest BCUT2D eigenvalue weighted by atomic mass is 10.2. The fourth-order valence-electron chi connectivity index (χ4n) is 2.26. The number of nitrogens with zero attached hydrogens (tertiary/aromatic N) is 1. The van der Waals surface area contributed by atoms with E-state index < -0.39 is 22.0 Å². The summed E-state index contributed by atoms with van der Waals surface area (Å²) < 4.78 is 26.4. The smallest absolute Gasteiger partial charge is 0.251 e. The van der Waals surface area contributed by atoms with Crippen molar-refractivity contribution >= 4 is 21.8 Å². The Morgan fingerprint density at radius 2 is 1.80 bits per heavy atom. The molecular weight excluding hydrogens is 342 g/mol. The maximum absolute atomic E-state index is 12.5. The van der Waals surface area contributed by atoms with E-state index in [4.69, 9.17) is 0 Å². The first-order chi connectivity index (χ1) is 11.8. The molecule has 1 aromatic rings. The van der Waals surface area contributed by atoms with E-state index in [9.17, 15) is 18.0 Å². The van der Waals surface area contributed by atoms with Crippen LogP contribution in [-0.2, 0) is 14.8 Å². The van der Waals surface area contributed by atoms with Crippen LogP contribution in [0.25, 0.3) is 0 Å². The van der Waals surface area contributed by atoms with Gasteiger partial charge < -0.3 is 10.6 Å². The molecule has 1 atom stereocenters. The zero-order valence-electron chi connectivity index (χ0n) is 15.2. The molecule has 2 amide bonds. The normalized spacial score (nSPS) is 12.7. The zero-order valence-corrected chi connectivity index (χ0v) is 16.0. The van der Waals surface area contributed by atoms with Crippen LogP contribution in [0.1, 0.15) is 44.5 Å². The second-order valence-electron chi connectivity index (χ2n) is 5.60. The zero-order chi connectivity index (χ0) is 19.0. The van der Waals surface area contributed by atoms with E-state index >= 15 is 0 Å². The van der Waals surface area contributed by atoms with Crippen molar-refractivity contribution in [1.29, 1.82) is 0 Å². The number of benzene rings is 1. The molecule has 0 unspecified atom stereocenters. The van der Waals surface area contributed by atoms with Gasteiger partial charge >= 0.3 is 0 Å². The molecule has 8 heteroatoms. The SMILES string of the molecule is CCCNC(=O)[C@@H](C)NC(=O)c1cccc(S(=O)(=O)N(CC)CC)c1. The van der Waals surface area contributed by atoms with E-state index in [0.29, 0.717) is 19.6 Å². The summed E-state index contributed by atoms with van der Waals surface area (Å²) in [6, 6.07) is 5.13. The van der Waals surface area contributed by atoms with Gasteiger partial charge in [-0.1, -0.05) is 26.8 Å². The molecule has 140 valence electrons. The molecule has 0 fully saturated rings. The van der Waals surface area contributed by atoms with Gasteiger partial charge in [-0.15, -0.1) is 0 Å².